The normalized spacial score (nSPS) is 14.0. The van der Waals surface area contributed by atoms with Gasteiger partial charge in [0, 0.05) is 43.9 Å². The molecule has 0 amide bonds. The first-order valence-electron chi connectivity index (χ1n) is 9.48. The molecule has 0 atom stereocenters. The van der Waals surface area contributed by atoms with Gasteiger partial charge in [0.1, 0.15) is 11.6 Å². The average molecular weight is 380 g/mol. The molecule has 0 saturated carbocycles. The van der Waals surface area contributed by atoms with Crippen LogP contribution in [0.5, 0.6) is 0 Å². The van der Waals surface area contributed by atoms with Crippen LogP contribution in [-0.4, -0.2) is 21.4 Å². The topological polar surface area (TPSA) is 41.1 Å². The van der Waals surface area contributed by atoms with Crippen LogP contribution in [-0.2, 0) is 25.9 Å². The van der Waals surface area contributed by atoms with Crippen LogP contribution in [0.2, 0.25) is 0 Å². The summed E-state index contributed by atoms with van der Waals surface area (Å²) in [6, 6.07) is 12.1. The van der Waals surface area contributed by atoms with E-state index in [1.54, 1.807) is 6.20 Å². The number of nitrogens with zero attached hydrogens (tertiary/aromatic N) is 3. The maximum atomic E-state index is 13.8. The van der Waals surface area contributed by atoms with E-state index in [2.05, 4.69) is 51.4 Å². The summed E-state index contributed by atoms with van der Waals surface area (Å²) in [5.74, 6) is -0.951. The second-order valence-electron chi connectivity index (χ2n) is 7.05. The molecule has 1 aromatic heterocycles. The summed E-state index contributed by atoms with van der Waals surface area (Å²) in [4.78, 5) is 11.2. The summed E-state index contributed by atoms with van der Waals surface area (Å²) < 4.78 is 26.9. The predicted octanol–water partition coefficient (Wildman–Crippen LogP) is 4.62. The van der Waals surface area contributed by atoms with Crippen LogP contribution in [0, 0.1) is 11.6 Å². The first-order valence-corrected chi connectivity index (χ1v) is 9.48. The van der Waals surface area contributed by atoms with Gasteiger partial charge in [-0.2, -0.15) is 0 Å². The van der Waals surface area contributed by atoms with Crippen molar-refractivity contribution >= 4 is 11.6 Å². The smallest absolute Gasteiger partial charge is 0.227 e. The molecule has 6 heteroatoms. The maximum Gasteiger partial charge on any atom is 0.227 e. The zero-order valence-electron chi connectivity index (χ0n) is 15.8. The zero-order valence-corrected chi connectivity index (χ0v) is 15.8. The molecule has 3 aromatic rings. The van der Waals surface area contributed by atoms with Gasteiger partial charge < -0.3 is 5.32 Å². The fraction of sp³-hybridized carbons (Fsp3) is 0.273. The van der Waals surface area contributed by atoms with Gasteiger partial charge in [0.25, 0.3) is 0 Å². The van der Waals surface area contributed by atoms with E-state index < -0.39 is 11.6 Å². The number of anilines is 2. The number of aromatic nitrogens is 2. The molecule has 0 saturated heterocycles. The molecule has 4 nitrogen and oxygen atoms in total. The van der Waals surface area contributed by atoms with E-state index in [0.717, 1.165) is 49.8 Å². The molecule has 4 rings (SSSR count). The molecule has 1 N–H and O–H groups in total. The van der Waals surface area contributed by atoms with Gasteiger partial charge in [-0.3, -0.25) is 4.90 Å². The molecule has 1 aliphatic heterocycles. The first-order chi connectivity index (χ1) is 13.6. The minimum atomic E-state index is -0.665. The third-order valence-corrected chi connectivity index (χ3v) is 5.03. The van der Waals surface area contributed by atoms with Gasteiger partial charge in [-0.1, -0.05) is 31.2 Å². The van der Waals surface area contributed by atoms with Gasteiger partial charge in [-0.25, -0.2) is 18.7 Å². The highest BCUT2D eigenvalue weighted by molar-refractivity contribution is 5.54. The second kappa shape index (κ2) is 8.02. The van der Waals surface area contributed by atoms with E-state index in [-0.39, 0.29) is 5.69 Å². The van der Waals surface area contributed by atoms with Crippen LogP contribution in [0.25, 0.3) is 0 Å². The Kier molecular flexibility index (Phi) is 5.30. The third-order valence-electron chi connectivity index (χ3n) is 5.03. The van der Waals surface area contributed by atoms with Crippen LogP contribution in [0.4, 0.5) is 20.4 Å². The van der Waals surface area contributed by atoms with Crippen LogP contribution >= 0.6 is 0 Å². The van der Waals surface area contributed by atoms with E-state index in [1.807, 2.05) is 0 Å². The minimum absolute atomic E-state index is 0.161. The van der Waals surface area contributed by atoms with Gasteiger partial charge in [-0.15, -0.1) is 0 Å². The van der Waals surface area contributed by atoms with Gasteiger partial charge >= 0.3 is 0 Å². The summed E-state index contributed by atoms with van der Waals surface area (Å²) >= 11 is 0. The lowest BCUT2D eigenvalue weighted by Crippen LogP contribution is -2.31. The van der Waals surface area contributed by atoms with Gasteiger partial charge in [0.2, 0.25) is 5.95 Å². The molecule has 28 heavy (non-hydrogen) atoms. The summed E-state index contributed by atoms with van der Waals surface area (Å²) in [5, 5.41) is 2.83. The minimum Gasteiger partial charge on any atom is -0.322 e. The number of aryl methyl sites for hydroxylation is 1. The van der Waals surface area contributed by atoms with E-state index in [1.165, 1.54) is 23.3 Å². The number of benzene rings is 2. The second-order valence-corrected chi connectivity index (χ2v) is 7.05. The van der Waals surface area contributed by atoms with E-state index >= 15 is 0 Å². The number of hydrogen-bond acceptors (Lipinski definition) is 4. The summed E-state index contributed by atoms with van der Waals surface area (Å²) in [6.45, 7) is 4.74. The highest BCUT2D eigenvalue weighted by Gasteiger charge is 2.19. The Hall–Kier alpha value is -2.86. The molecule has 0 bridgehead atoms. The molecule has 1 aliphatic rings. The number of nitrogens with one attached hydrogen (secondary N) is 1. The van der Waals surface area contributed by atoms with E-state index in [4.69, 9.17) is 0 Å². The number of halogens is 2. The molecular formula is C22H22F2N4. The molecule has 0 spiro atoms. The third kappa shape index (κ3) is 4.17. The van der Waals surface area contributed by atoms with Crippen molar-refractivity contribution in [2.75, 3.05) is 11.9 Å². The SMILES string of the molecule is CCc1ccc(CN2CCc3nc(Nc4ccc(F)cc4F)ncc3C2)cc1. The highest BCUT2D eigenvalue weighted by atomic mass is 19.1. The van der Waals surface area contributed by atoms with Crippen molar-refractivity contribution in [2.24, 2.45) is 0 Å². The maximum absolute atomic E-state index is 13.8. The van der Waals surface area contributed by atoms with Crippen LogP contribution in [0.15, 0.2) is 48.7 Å². The van der Waals surface area contributed by atoms with Crippen molar-refractivity contribution < 1.29 is 8.78 Å². The fourth-order valence-electron chi connectivity index (χ4n) is 3.42. The van der Waals surface area contributed by atoms with Gasteiger partial charge in [-0.05, 0) is 29.7 Å². The Labute approximate surface area is 163 Å². The molecule has 0 fully saturated rings. The highest BCUT2D eigenvalue weighted by Crippen LogP contribution is 2.22. The lowest BCUT2D eigenvalue weighted by atomic mass is 10.1. The molecular weight excluding hydrogens is 358 g/mol. The van der Waals surface area contributed by atoms with E-state index in [9.17, 15) is 8.78 Å². The van der Waals surface area contributed by atoms with E-state index in [0.29, 0.717) is 5.95 Å². The first kappa shape index (κ1) is 18.5. The summed E-state index contributed by atoms with van der Waals surface area (Å²) in [5.41, 5.74) is 4.86. The predicted molar refractivity (Wildman–Crippen MR) is 105 cm³/mol. The van der Waals surface area contributed by atoms with Crippen molar-refractivity contribution in [1.29, 1.82) is 0 Å². The lowest BCUT2D eigenvalue weighted by Gasteiger charge is -2.28. The molecule has 2 heterocycles. The van der Waals surface area contributed by atoms with Crippen molar-refractivity contribution in [3.8, 4) is 0 Å². The van der Waals surface area contributed by atoms with Crippen LogP contribution < -0.4 is 5.32 Å². The quantitative estimate of drug-likeness (QED) is 0.701. The van der Waals surface area contributed by atoms with Crippen molar-refractivity contribution in [2.45, 2.75) is 32.9 Å². The Morgan fingerprint density at radius 2 is 1.86 bits per heavy atom. The lowest BCUT2D eigenvalue weighted by molar-refractivity contribution is 0.243. The number of hydrogen-bond donors (Lipinski definition) is 1. The molecule has 0 unspecified atom stereocenters. The van der Waals surface area contributed by atoms with Gasteiger partial charge in [0.15, 0.2) is 0 Å². The summed E-state index contributed by atoms with van der Waals surface area (Å²) in [7, 11) is 0. The number of fused-ring (bicyclic) bond motifs is 1. The molecule has 0 radical (unpaired) electrons. The monoisotopic (exact) mass is 380 g/mol. The Morgan fingerprint density at radius 3 is 2.61 bits per heavy atom. The van der Waals surface area contributed by atoms with Crippen molar-refractivity contribution in [1.82, 2.24) is 14.9 Å². The average Bonchev–Trinajstić information content (AvgIpc) is 2.71. The fourth-order valence-corrected chi connectivity index (χ4v) is 3.42. The molecule has 144 valence electrons. The largest absolute Gasteiger partial charge is 0.322 e. The molecule has 2 aromatic carbocycles. The number of rotatable bonds is 5. The Balaban J connectivity index is 1.43. The van der Waals surface area contributed by atoms with Gasteiger partial charge in [0.05, 0.1) is 11.4 Å². The Morgan fingerprint density at radius 1 is 1.07 bits per heavy atom. The summed E-state index contributed by atoms with van der Waals surface area (Å²) in [6.07, 6.45) is 3.65. The van der Waals surface area contributed by atoms with Crippen LogP contribution in [0.3, 0.4) is 0 Å². The standard InChI is InChI=1S/C22H22F2N4/c1-2-15-3-5-16(6-4-15)13-28-10-9-20-17(14-28)12-25-22(26-20)27-21-8-7-18(23)11-19(21)24/h3-8,11-12H,2,9-10,13-14H2,1H3,(H,25,26,27). The van der Waals surface area contributed by atoms with Crippen molar-refractivity contribution in [3.05, 3.63) is 82.7 Å². The molecule has 0 aliphatic carbocycles. The van der Waals surface area contributed by atoms with Crippen LogP contribution in [0.1, 0.15) is 29.3 Å². The van der Waals surface area contributed by atoms with Crippen molar-refractivity contribution in [3.63, 3.8) is 0 Å². The Bertz CT molecular complexity index is 973. The zero-order chi connectivity index (χ0) is 19.5.